The van der Waals surface area contributed by atoms with Crippen molar-refractivity contribution in [2.75, 3.05) is 44.9 Å². The Balaban J connectivity index is 1.99. The summed E-state index contributed by atoms with van der Waals surface area (Å²) in [5.74, 6) is -0.612. The number of carbonyl (C=O) groups is 2. The van der Waals surface area contributed by atoms with Gasteiger partial charge < -0.3 is 24.8 Å². The second-order valence-corrected chi connectivity index (χ2v) is 12.8. The molecule has 1 aromatic carbocycles. The van der Waals surface area contributed by atoms with Crippen LogP contribution in [0, 0.1) is 5.92 Å². The number of ether oxygens (including phenoxy) is 2. The number of sulfonamides is 1. The number of nitrogens with one attached hydrogen (secondary N) is 1. The minimum atomic E-state index is -3.44. The third-order valence-electron chi connectivity index (χ3n) is 7.26. The highest BCUT2D eigenvalue weighted by molar-refractivity contribution is 7.88. The van der Waals surface area contributed by atoms with E-state index in [9.17, 15) is 23.1 Å². The van der Waals surface area contributed by atoms with E-state index in [2.05, 4.69) is 10.3 Å². The second-order valence-electron chi connectivity index (χ2n) is 10.7. The Bertz CT molecular complexity index is 1280. The van der Waals surface area contributed by atoms with Gasteiger partial charge >= 0.3 is 0 Å². The fourth-order valence-electron chi connectivity index (χ4n) is 4.56. The first-order valence-electron chi connectivity index (χ1n) is 13.9. The molecule has 11 nitrogen and oxygen atoms in total. The highest BCUT2D eigenvalue weighted by Gasteiger charge is 2.31. The van der Waals surface area contributed by atoms with E-state index in [0.29, 0.717) is 23.6 Å². The van der Waals surface area contributed by atoms with Crippen LogP contribution in [-0.4, -0.2) is 97.4 Å². The summed E-state index contributed by atoms with van der Waals surface area (Å²) in [4.78, 5) is 32.4. The Labute approximate surface area is 242 Å². The topological polar surface area (TPSA) is 138 Å². The van der Waals surface area contributed by atoms with Gasteiger partial charge in [0.2, 0.25) is 10.0 Å². The predicted molar refractivity (Wildman–Crippen MR) is 157 cm³/mol. The number of fused-ring (bicyclic) bond motifs is 1. The molecular weight excluding hydrogens is 548 g/mol. The molecule has 41 heavy (non-hydrogen) atoms. The van der Waals surface area contributed by atoms with E-state index >= 15 is 0 Å². The summed E-state index contributed by atoms with van der Waals surface area (Å²) in [6.07, 6.45) is 5.83. The van der Waals surface area contributed by atoms with Crippen molar-refractivity contribution < 1.29 is 32.6 Å². The van der Waals surface area contributed by atoms with Crippen LogP contribution in [0.2, 0.25) is 0 Å². The lowest BCUT2D eigenvalue weighted by molar-refractivity contribution is -0.00828. The van der Waals surface area contributed by atoms with E-state index in [1.807, 2.05) is 13.8 Å². The Morgan fingerprint density at radius 3 is 2.59 bits per heavy atom. The van der Waals surface area contributed by atoms with Crippen LogP contribution >= 0.6 is 0 Å². The first-order valence-corrected chi connectivity index (χ1v) is 15.7. The smallest absolute Gasteiger partial charge is 0.258 e. The predicted octanol–water partition coefficient (Wildman–Crippen LogP) is 3.02. The zero-order valence-corrected chi connectivity index (χ0v) is 25.3. The number of carbonyl (C=O) groups excluding carboxylic acids is 2. The van der Waals surface area contributed by atoms with Crippen molar-refractivity contribution in [1.29, 1.82) is 0 Å². The molecule has 0 spiro atoms. The molecule has 0 bridgehead atoms. The number of aromatic nitrogens is 1. The molecule has 0 radical (unpaired) electrons. The molecule has 2 heterocycles. The van der Waals surface area contributed by atoms with Crippen molar-refractivity contribution in [3.63, 3.8) is 0 Å². The highest BCUT2D eigenvalue weighted by atomic mass is 32.2. The monoisotopic (exact) mass is 590 g/mol. The van der Waals surface area contributed by atoms with Gasteiger partial charge in [-0.05, 0) is 63.4 Å². The highest BCUT2D eigenvalue weighted by Crippen LogP contribution is 2.29. The normalized spacial score (nSPS) is 21.9. The molecule has 3 rings (SSSR count). The van der Waals surface area contributed by atoms with Crippen LogP contribution in [0.5, 0.6) is 5.75 Å². The molecule has 0 fully saturated rings. The molecule has 4 atom stereocenters. The number of aliphatic hydroxyl groups excluding tert-OH is 1. The summed E-state index contributed by atoms with van der Waals surface area (Å²) < 4.78 is 37.9. The van der Waals surface area contributed by atoms with Crippen LogP contribution in [0.25, 0.3) is 0 Å². The number of rotatable bonds is 7. The number of anilines is 1. The summed E-state index contributed by atoms with van der Waals surface area (Å²) >= 11 is 0. The van der Waals surface area contributed by atoms with Crippen LogP contribution in [-0.2, 0) is 14.8 Å². The fourth-order valence-corrected chi connectivity index (χ4v) is 4.98. The zero-order chi connectivity index (χ0) is 30.2. The van der Waals surface area contributed by atoms with Crippen molar-refractivity contribution in [3.8, 4) is 5.75 Å². The second kappa shape index (κ2) is 14.7. The van der Waals surface area contributed by atoms with E-state index in [4.69, 9.17) is 9.47 Å². The quantitative estimate of drug-likeness (QED) is 0.502. The van der Waals surface area contributed by atoms with Crippen molar-refractivity contribution in [2.45, 2.75) is 58.3 Å². The Morgan fingerprint density at radius 1 is 1.22 bits per heavy atom. The fraction of sp³-hybridized carbons (Fsp3) is 0.552. The molecular formula is C29H42N4O7S. The molecule has 2 N–H and O–H groups in total. The van der Waals surface area contributed by atoms with Crippen LogP contribution in [0.3, 0.4) is 0 Å². The van der Waals surface area contributed by atoms with Gasteiger partial charge in [-0.2, -0.15) is 0 Å². The number of benzene rings is 1. The lowest BCUT2D eigenvalue weighted by atomic mass is 10.0. The number of hydrogen-bond donors (Lipinski definition) is 2. The third-order valence-corrected chi connectivity index (χ3v) is 8.54. The van der Waals surface area contributed by atoms with Crippen LogP contribution in [0.1, 0.15) is 60.7 Å². The van der Waals surface area contributed by atoms with Gasteiger partial charge in [-0.15, -0.1) is 0 Å². The molecule has 2 aromatic rings. The maximum Gasteiger partial charge on any atom is 0.258 e. The standard InChI is InChI=1S/C29H42N4O7S/c1-20-17-33(21(2)19-34)29(36)25-16-24(31-28(35)23-11-13-30-14-12-23)9-10-26(25)40-22(3)8-6-7-15-39-27(20)18-32(4)41(5,37)38/h9-14,16,20-22,27,34H,6-8,15,17-19H2,1-5H3,(H,31,35)/t20-,21+,22+,27+/m0/s1. The van der Waals surface area contributed by atoms with Gasteiger partial charge in [0.1, 0.15) is 5.75 Å². The molecule has 1 aliphatic heterocycles. The van der Waals surface area contributed by atoms with Gasteiger partial charge in [0, 0.05) is 56.3 Å². The summed E-state index contributed by atoms with van der Waals surface area (Å²) in [6.45, 7) is 6.08. The molecule has 0 saturated heterocycles. The van der Waals surface area contributed by atoms with E-state index in [0.717, 1.165) is 25.5 Å². The summed E-state index contributed by atoms with van der Waals surface area (Å²) in [6, 6.07) is 7.59. The number of hydrogen-bond acceptors (Lipinski definition) is 8. The van der Waals surface area contributed by atoms with Crippen molar-refractivity contribution in [2.24, 2.45) is 5.92 Å². The van der Waals surface area contributed by atoms with Gasteiger partial charge in [-0.1, -0.05) is 6.92 Å². The molecule has 1 aliphatic rings. The molecule has 2 amide bonds. The number of nitrogens with zero attached hydrogens (tertiary/aromatic N) is 3. The molecule has 1 aromatic heterocycles. The lowest BCUT2D eigenvalue weighted by Gasteiger charge is -2.35. The van der Waals surface area contributed by atoms with Crippen LogP contribution in [0.15, 0.2) is 42.7 Å². The lowest BCUT2D eigenvalue weighted by Crippen LogP contribution is -2.47. The van der Waals surface area contributed by atoms with Gasteiger partial charge in [-0.3, -0.25) is 14.6 Å². The maximum absolute atomic E-state index is 14.1. The minimum absolute atomic E-state index is 0.136. The average molecular weight is 591 g/mol. The summed E-state index contributed by atoms with van der Waals surface area (Å²) in [5, 5.41) is 12.9. The molecule has 0 unspecified atom stereocenters. The van der Waals surface area contributed by atoms with Gasteiger partial charge in [0.25, 0.3) is 11.8 Å². The molecule has 0 saturated carbocycles. The van der Waals surface area contributed by atoms with Crippen LogP contribution < -0.4 is 10.1 Å². The summed E-state index contributed by atoms with van der Waals surface area (Å²) in [5.41, 5.74) is 1.09. The average Bonchev–Trinajstić information content (AvgIpc) is 2.94. The van der Waals surface area contributed by atoms with Gasteiger partial charge in [0.05, 0.1) is 36.7 Å². The number of pyridine rings is 1. The van der Waals surface area contributed by atoms with Crippen LogP contribution in [0.4, 0.5) is 5.69 Å². The van der Waals surface area contributed by atoms with E-state index in [1.165, 1.54) is 23.7 Å². The molecule has 12 heteroatoms. The first-order chi connectivity index (χ1) is 19.4. The van der Waals surface area contributed by atoms with E-state index < -0.39 is 22.2 Å². The molecule has 0 aliphatic carbocycles. The van der Waals surface area contributed by atoms with E-state index in [-0.39, 0.29) is 49.1 Å². The number of amides is 2. The Hall–Kier alpha value is -3.06. The summed E-state index contributed by atoms with van der Waals surface area (Å²) in [7, 11) is -1.93. The number of aliphatic hydroxyl groups is 1. The Kier molecular flexibility index (Phi) is 11.6. The van der Waals surface area contributed by atoms with Gasteiger partial charge in [-0.25, -0.2) is 12.7 Å². The largest absolute Gasteiger partial charge is 0.490 e. The molecule has 226 valence electrons. The zero-order valence-electron chi connectivity index (χ0n) is 24.4. The SMILES string of the molecule is C[C@@H]1CCCCO[C@H](CN(C)S(C)(=O)=O)[C@@H](C)CN([C@H](C)CO)C(=O)c2cc(NC(=O)c3ccncc3)ccc2O1. The third kappa shape index (κ3) is 9.22. The number of likely N-dealkylation sites (N-methyl/N-ethyl adjacent to an activating group) is 1. The minimum Gasteiger partial charge on any atom is -0.490 e. The van der Waals surface area contributed by atoms with E-state index in [1.54, 1.807) is 42.2 Å². The van der Waals surface area contributed by atoms with Crippen molar-refractivity contribution >= 4 is 27.5 Å². The van der Waals surface area contributed by atoms with Crippen molar-refractivity contribution in [1.82, 2.24) is 14.2 Å². The Morgan fingerprint density at radius 2 is 1.93 bits per heavy atom. The maximum atomic E-state index is 14.1. The van der Waals surface area contributed by atoms with Crippen molar-refractivity contribution in [3.05, 3.63) is 53.9 Å². The van der Waals surface area contributed by atoms with Gasteiger partial charge in [0.15, 0.2) is 0 Å². The first kappa shape index (κ1) is 32.5.